The smallest absolute Gasteiger partial charge is 0.265 e. The van der Waals surface area contributed by atoms with E-state index in [1.165, 1.54) is 0 Å². The fraction of sp³-hybridized carbons (Fsp3) is 0.188. The van der Waals surface area contributed by atoms with Crippen LogP contribution in [0.2, 0.25) is 10.0 Å². The Balaban J connectivity index is 2.08. The van der Waals surface area contributed by atoms with Crippen molar-refractivity contribution in [1.82, 2.24) is 0 Å². The molecule has 116 valence electrons. The molecule has 0 aliphatic rings. The first kappa shape index (κ1) is 17.0. The maximum Gasteiger partial charge on any atom is 0.265 e. The van der Waals surface area contributed by atoms with E-state index in [1.807, 2.05) is 30.5 Å². The van der Waals surface area contributed by atoms with E-state index in [0.29, 0.717) is 15.8 Å². The van der Waals surface area contributed by atoms with E-state index in [4.69, 9.17) is 27.9 Å². The third kappa shape index (κ3) is 4.09. The third-order valence-corrected chi connectivity index (χ3v) is 4.55. The van der Waals surface area contributed by atoms with Crippen LogP contribution in [0.5, 0.6) is 5.75 Å². The molecule has 0 heterocycles. The second-order valence-electron chi connectivity index (χ2n) is 4.50. The summed E-state index contributed by atoms with van der Waals surface area (Å²) in [5.41, 5.74) is 0.757. The Bertz CT molecular complexity index is 679. The highest BCUT2D eigenvalue weighted by atomic mass is 35.5. The largest absolute Gasteiger partial charge is 0.479 e. The summed E-state index contributed by atoms with van der Waals surface area (Å²) < 4.78 is 5.60. The van der Waals surface area contributed by atoms with Gasteiger partial charge in [0.15, 0.2) is 6.10 Å². The van der Waals surface area contributed by atoms with E-state index < -0.39 is 6.10 Å². The normalized spacial score (nSPS) is 11.8. The quantitative estimate of drug-likeness (QED) is 0.756. The molecule has 0 saturated carbocycles. The molecular weight excluding hydrogens is 341 g/mol. The van der Waals surface area contributed by atoms with Crippen molar-refractivity contribution in [2.45, 2.75) is 17.9 Å². The molecule has 0 aliphatic heterocycles. The number of carbonyl (C=O) groups is 1. The number of carbonyl (C=O) groups excluding carboxylic acids is 1. The highest BCUT2D eigenvalue weighted by Crippen LogP contribution is 2.32. The third-order valence-electron chi connectivity index (χ3n) is 2.95. The first-order chi connectivity index (χ1) is 10.5. The lowest BCUT2D eigenvalue weighted by molar-refractivity contribution is -0.122. The molecule has 1 unspecified atom stereocenters. The number of ether oxygens (including phenoxy) is 1. The molecule has 2 aromatic rings. The van der Waals surface area contributed by atoms with E-state index in [2.05, 4.69) is 5.32 Å². The minimum Gasteiger partial charge on any atom is -0.479 e. The summed E-state index contributed by atoms with van der Waals surface area (Å²) in [7, 11) is 0. The summed E-state index contributed by atoms with van der Waals surface area (Å²) in [5.74, 6) is 0.132. The number of hydrogen-bond donors (Lipinski definition) is 1. The van der Waals surface area contributed by atoms with E-state index in [9.17, 15) is 4.79 Å². The fourth-order valence-corrected chi connectivity index (χ4v) is 2.69. The Morgan fingerprint density at radius 1 is 1.18 bits per heavy atom. The first-order valence-electron chi connectivity index (χ1n) is 6.57. The molecule has 0 bridgehead atoms. The zero-order valence-electron chi connectivity index (χ0n) is 12.1. The van der Waals surface area contributed by atoms with Crippen molar-refractivity contribution in [3.05, 3.63) is 52.5 Å². The zero-order chi connectivity index (χ0) is 16.1. The van der Waals surface area contributed by atoms with Crippen LogP contribution in [0.1, 0.15) is 6.92 Å². The van der Waals surface area contributed by atoms with E-state index in [1.54, 1.807) is 36.9 Å². The molecule has 0 aliphatic carbocycles. The van der Waals surface area contributed by atoms with Crippen LogP contribution in [-0.4, -0.2) is 18.3 Å². The number of benzene rings is 2. The van der Waals surface area contributed by atoms with Crippen molar-refractivity contribution in [2.24, 2.45) is 0 Å². The van der Waals surface area contributed by atoms with Crippen molar-refractivity contribution in [1.29, 1.82) is 0 Å². The maximum absolute atomic E-state index is 12.3. The number of thioether (sulfide) groups is 1. The summed E-state index contributed by atoms with van der Waals surface area (Å²) >= 11 is 13.6. The Hall–Kier alpha value is -1.36. The van der Waals surface area contributed by atoms with Crippen LogP contribution in [0.4, 0.5) is 5.69 Å². The minimum atomic E-state index is -0.703. The lowest BCUT2D eigenvalue weighted by Gasteiger charge is -2.17. The Morgan fingerprint density at radius 3 is 2.64 bits per heavy atom. The van der Waals surface area contributed by atoms with Gasteiger partial charge in [-0.2, -0.15) is 0 Å². The zero-order valence-corrected chi connectivity index (χ0v) is 14.4. The molecule has 1 N–H and O–H groups in total. The van der Waals surface area contributed by atoms with Gasteiger partial charge >= 0.3 is 0 Å². The number of anilines is 1. The van der Waals surface area contributed by atoms with Gasteiger partial charge in [-0.05, 0) is 37.4 Å². The van der Waals surface area contributed by atoms with E-state index in [-0.39, 0.29) is 5.91 Å². The van der Waals surface area contributed by atoms with Gasteiger partial charge in [-0.25, -0.2) is 0 Å². The molecule has 6 heteroatoms. The molecule has 2 aromatic carbocycles. The van der Waals surface area contributed by atoms with Crippen LogP contribution in [0, 0.1) is 0 Å². The minimum absolute atomic E-state index is 0.252. The average molecular weight is 356 g/mol. The van der Waals surface area contributed by atoms with Gasteiger partial charge in [-0.15, -0.1) is 11.8 Å². The standard InChI is InChI=1S/C16H15Cl2NO2S/c1-10(21-13-8-5-6-11(17)15(13)18)16(20)19-12-7-3-4-9-14(12)22-2/h3-10H,1-2H3,(H,19,20). The summed E-state index contributed by atoms with van der Waals surface area (Å²) in [6, 6.07) is 12.6. The summed E-state index contributed by atoms with van der Waals surface area (Å²) in [6.07, 6.45) is 1.25. The molecule has 0 aromatic heterocycles. The van der Waals surface area contributed by atoms with Gasteiger partial charge in [0.05, 0.1) is 10.7 Å². The lowest BCUT2D eigenvalue weighted by Crippen LogP contribution is -2.30. The van der Waals surface area contributed by atoms with Gasteiger partial charge in [0.1, 0.15) is 10.8 Å². The molecule has 3 nitrogen and oxygen atoms in total. The molecule has 0 radical (unpaired) electrons. The average Bonchev–Trinajstić information content (AvgIpc) is 2.52. The number of para-hydroxylation sites is 1. The molecule has 0 saturated heterocycles. The number of halogens is 2. The molecule has 1 amide bonds. The van der Waals surface area contributed by atoms with Crippen LogP contribution < -0.4 is 10.1 Å². The summed E-state index contributed by atoms with van der Waals surface area (Å²) in [5, 5.41) is 3.54. The van der Waals surface area contributed by atoms with Crippen LogP contribution in [-0.2, 0) is 4.79 Å². The Labute approximate surface area is 144 Å². The van der Waals surface area contributed by atoms with Crippen molar-refractivity contribution in [3.8, 4) is 5.75 Å². The number of amides is 1. The highest BCUT2D eigenvalue weighted by molar-refractivity contribution is 7.98. The van der Waals surface area contributed by atoms with Gasteiger partial charge in [0, 0.05) is 4.90 Å². The summed E-state index contributed by atoms with van der Waals surface area (Å²) in [6.45, 7) is 1.66. The van der Waals surface area contributed by atoms with Crippen LogP contribution in [0.15, 0.2) is 47.4 Å². The van der Waals surface area contributed by atoms with Gasteiger partial charge in [0.2, 0.25) is 0 Å². The molecule has 2 rings (SSSR count). The van der Waals surface area contributed by atoms with Crippen LogP contribution in [0.3, 0.4) is 0 Å². The van der Waals surface area contributed by atoms with Crippen LogP contribution >= 0.6 is 35.0 Å². The topological polar surface area (TPSA) is 38.3 Å². The lowest BCUT2D eigenvalue weighted by atomic mass is 10.3. The van der Waals surface area contributed by atoms with Gasteiger partial charge in [-0.1, -0.05) is 41.4 Å². The Morgan fingerprint density at radius 2 is 1.91 bits per heavy atom. The molecular formula is C16H15Cl2NO2S. The monoisotopic (exact) mass is 355 g/mol. The second-order valence-corrected chi connectivity index (χ2v) is 6.13. The van der Waals surface area contributed by atoms with Crippen molar-refractivity contribution < 1.29 is 9.53 Å². The Kier molecular flexibility index (Phi) is 6.00. The maximum atomic E-state index is 12.3. The number of rotatable bonds is 5. The molecule has 0 spiro atoms. The molecule has 1 atom stereocenters. The van der Waals surface area contributed by atoms with E-state index >= 15 is 0 Å². The molecule has 0 fully saturated rings. The predicted octanol–water partition coefficient (Wildman–Crippen LogP) is 5.12. The van der Waals surface area contributed by atoms with Gasteiger partial charge < -0.3 is 10.1 Å². The van der Waals surface area contributed by atoms with Gasteiger partial charge in [0.25, 0.3) is 5.91 Å². The number of nitrogens with one attached hydrogen (secondary N) is 1. The van der Waals surface area contributed by atoms with Gasteiger partial charge in [-0.3, -0.25) is 4.79 Å². The summed E-state index contributed by atoms with van der Waals surface area (Å²) in [4.78, 5) is 13.2. The highest BCUT2D eigenvalue weighted by Gasteiger charge is 2.18. The second kappa shape index (κ2) is 7.77. The first-order valence-corrected chi connectivity index (χ1v) is 8.55. The predicted molar refractivity (Wildman–Crippen MR) is 93.4 cm³/mol. The number of hydrogen-bond acceptors (Lipinski definition) is 3. The van der Waals surface area contributed by atoms with E-state index in [0.717, 1.165) is 10.6 Å². The van der Waals surface area contributed by atoms with Crippen molar-refractivity contribution >= 4 is 46.6 Å². The van der Waals surface area contributed by atoms with Crippen LogP contribution in [0.25, 0.3) is 0 Å². The van der Waals surface area contributed by atoms with Crippen molar-refractivity contribution in [3.63, 3.8) is 0 Å². The molecule has 22 heavy (non-hydrogen) atoms. The fourth-order valence-electron chi connectivity index (χ4n) is 1.80. The SMILES string of the molecule is CSc1ccccc1NC(=O)C(C)Oc1cccc(Cl)c1Cl. The van der Waals surface area contributed by atoms with Crippen molar-refractivity contribution in [2.75, 3.05) is 11.6 Å².